The first kappa shape index (κ1) is 19.1. The molecular formula is C22H21N5O4. The number of aromatic amines is 1. The maximum absolute atomic E-state index is 13.3. The summed E-state index contributed by atoms with van der Waals surface area (Å²) >= 11 is 0. The Kier molecular flexibility index (Phi) is 3.61. The number of aliphatic hydroxyl groups is 1. The fourth-order valence-corrected chi connectivity index (χ4v) is 5.08. The number of anilines is 1. The van der Waals surface area contributed by atoms with Crippen LogP contribution in [0.25, 0.3) is 6.08 Å². The third kappa shape index (κ3) is 2.01. The normalized spacial score (nSPS) is 28.2. The fourth-order valence-electron chi connectivity index (χ4n) is 5.08. The SMILES string of the molecule is C=CC(C)(C)C12C=C(O)C(=O)N3/C(=C/c4cnc[nH]4)C(=O)NC31N(O)c1ccccc12. The van der Waals surface area contributed by atoms with Gasteiger partial charge < -0.3 is 15.4 Å². The summed E-state index contributed by atoms with van der Waals surface area (Å²) in [6.45, 7) is 7.71. The molecule has 0 radical (unpaired) electrons. The van der Waals surface area contributed by atoms with Crippen molar-refractivity contribution < 1.29 is 19.9 Å². The minimum atomic E-state index is -1.75. The predicted octanol–water partition coefficient (Wildman–Crippen LogP) is 2.18. The van der Waals surface area contributed by atoms with E-state index in [2.05, 4.69) is 21.9 Å². The molecule has 9 nitrogen and oxygen atoms in total. The number of allylic oxidation sites excluding steroid dienone is 1. The Morgan fingerprint density at radius 3 is 2.68 bits per heavy atom. The van der Waals surface area contributed by atoms with Crippen LogP contribution in [0.3, 0.4) is 0 Å². The average molecular weight is 419 g/mol. The fraction of sp³-hybridized carbons (Fsp3) is 0.227. The van der Waals surface area contributed by atoms with Crippen LogP contribution in [-0.2, 0) is 15.0 Å². The van der Waals surface area contributed by atoms with Crippen molar-refractivity contribution in [2.24, 2.45) is 5.41 Å². The minimum Gasteiger partial charge on any atom is -0.503 e. The number of para-hydroxylation sites is 1. The van der Waals surface area contributed by atoms with E-state index < -0.39 is 34.2 Å². The van der Waals surface area contributed by atoms with E-state index in [4.69, 9.17) is 0 Å². The zero-order valence-electron chi connectivity index (χ0n) is 17.0. The van der Waals surface area contributed by atoms with Crippen molar-refractivity contribution >= 4 is 23.6 Å². The lowest BCUT2D eigenvalue weighted by atomic mass is 9.57. The zero-order chi connectivity index (χ0) is 22.2. The number of carbonyl (C=O) groups excluding carboxylic acids is 2. The number of aromatic nitrogens is 2. The topological polar surface area (TPSA) is 122 Å². The summed E-state index contributed by atoms with van der Waals surface area (Å²) in [7, 11) is 0. The number of H-pyrrole nitrogens is 1. The van der Waals surface area contributed by atoms with Gasteiger partial charge in [0.1, 0.15) is 5.70 Å². The molecule has 9 heteroatoms. The molecule has 1 spiro atoms. The molecule has 1 aromatic heterocycles. The van der Waals surface area contributed by atoms with E-state index >= 15 is 0 Å². The molecule has 5 rings (SSSR count). The number of imidazole rings is 1. The van der Waals surface area contributed by atoms with Gasteiger partial charge in [-0.25, -0.2) is 10.0 Å². The summed E-state index contributed by atoms with van der Waals surface area (Å²) < 4.78 is 0. The molecule has 2 atom stereocenters. The number of hydrogen-bond donors (Lipinski definition) is 4. The van der Waals surface area contributed by atoms with Crippen molar-refractivity contribution in [1.29, 1.82) is 0 Å². The van der Waals surface area contributed by atoms with Crippen molar-refractivity contribution in [3.8, 4) is 0 Å². The summed E-state index contributed by atoms with van der Waals surface area (Å²) in [5.41, 5.74) is -0.601. The van der Waals surface area contributed by atoms with E-state index in [1.165, 1.54) is 24.7 Å². The Hall–Kier alpha value is -3.85. The number of amides is 2. The van der Waals surface area contributed by atoms with Crippen LogP contribution >= 0.6 is 0 Å². The van der Waals surface area contributed by atoms with Crippen LogP contribution < -0.4 is 10.4 Å². The highest BCUT2D eigenvalue weighted by molar-refractivity contribution is 6.10. The number of fused-ring (bicyclic) bond motifs is 2. The Bertz CT molecular complexity index is 1200. The first-order valence-corrected chi connectivity index (χ1v) is 9.72. The molecule has 158 valence electrons. The van der Waals surface area contributed by atoms with Crippen LogP contribution in [-0.4, -0.2) is 42.8 Å². The summed E-state index contributed by atoms with van der Waals surface area (Å²) in [5.74, 6) is -3.67. The first-order chi connectivity index (χ1) is 14.7. The highest BCUT2D eigenvalue weighted by Crippen LogP contribution is 2.64. The van der Waals surface area contributed by atoms with E-state index in [1.807, 2.05) is 13.8 Å². The van der Waals surface area contributed by atoms with Crippen molar-refractivity contribution in [3.63, 3.8) is 0 Å². The van der Waals surface area contributed by atoms with Crippen molar-refractivity contribution in [2.45, 2.75) is 25.0 Å². The number of nitrogens with one attached hydrogen (secondary N) is 2. The lowest BCUT2D eigenvalue weighted by Gasteiger charge is -2.55. The second-order valence-electron chi connectivity index (χ2n) is 8.40. The summed E-state index contributed by atoms with van der Waals surface area (Å²) in [5, 5.41) is 26.0. The second kappa shape index (κ2) is 5.86. The lowest BCUT2D eigenvalue weighted by molar-refractivity contribution is -0.143. The number of benzene rings is 1. The molecule has 1 fully saturated rings. The van der Waals surface area contributed by atoms with Crippen molar-refractivity contribution in [3.05, 3.63) is 78.2 Å². The van der Waals surface area contributed by atoms with E-state index in [9.17, 15) is 19.9 Å². The van der Waals surface area contributed by atoms with Gasteiger partial charge in [-0.05, 0) is 23.8 Å². The van der Waals surface area contributed by atoms with Gasteiger partial charge in [0.2, 0.25) is 5.79 Å². The van der Waals surface area contributed by atoms with Gasteiger partial charge in [0.15, 0.2) is 5.76 Å². The number of nitrogens with zero attached hydrogens (tertiary/aromatic N) is 3. The van der Waals surface area contributed by atoms with Gasteiger partial charge >= 0.3 is 0 Å². The molecule has 3 aliphatic rings. The second-order valence-corrected chi connectivity index (χ2v) is 8.40. The van der Waals surface area contributed by atoms with Crippen LogP contribution in [0.15, 0.2) is 67.0 Å². The molecule has 1 aromatic carbocycles. The highest BCUT2D eigenvalue weighted by Gasteiger charge is 2.76. The van der Waals surface area contributed by atoms with Crippen LogP contribution in [0.5, 0.6) is 0 Å². The largest absolute Gasteiger partial charge is 0.503 e. The molecule has 3 aliphatic heterocycles. The molecule has 1 saturated heterocycles. The monoisotopic (exact) mass is 419 g/mol. The summed E-state index contributed by atoms with van der Waals surface area (Å²) in [4.78, 5) is 34.4. The molecule has 4 N–H and O–H groups in total. The van der Waals surface area contributed by atoms with Crippen LogP contribution in [0.1, 0.15) is 25.1 Å². The maximum atomic E-state index is 13.3. The molecule has 31 heavy (non-hydrogen) atoms. The Labute approximate surface area is 178 Å². The number of aliphatic hydroxyl groups excluding tert-OH is 1. The van der Waals surface area contributed by atoms with Crippen LogP contribution in [0.2, 0.25) is 0 Å². The molecule has 0 saturated carbocycles. The molecule has 0 bridgehead atoms. The lowest BCUT2D eigenvalue weighted by Crippen LogP contribution is -2.76. The van der Waals surface area contributed by atoms with Crippen LogP contribution in [0, 0.1) is 5.41 Å². The predicted molar refractivity (Wildman–Crippen MR) is 111 cm³/mol. The third-order valence-electron chi connectivity index (χ3n) is 6.61. The van der Waals surface area contributed by atoms with Gasteiger partial charge in [-0.3, -0.25) is 19.7 Å². The molecule has 0 aliphatic carbocycles. The molecule has 2 unspecified atom stereocenters. The van der Waals surface area contributed by atoms with Gasteiger partial charge in [0, 0.05) is 5.41 Å². The third-order valence-corrected chi connectivity index (χ3v) is 6.61. The Balaban J connectivity index is 1.90. The molecule has 4 heterocycles. The Morgan fingerprint density at radius 1 is 1.26 bits per heavy atom. The quantitative estimate of drug-likeness (QED) is 0.447. The molecule has 2 amide bonds. The van der Waals surface area contributed by atoms with Gasteiger partial charge in [0.25, 0.3) is 11.8 Å². The molecule has 2 aromatic rings. The van der Waals surface area contributed by atoms with Gasteiger partial charge in [0.05, 0.1) is 29.3 Å². The smallest absolute Gasteiger partial charge is 0.296 e. The van der Waals surface area contributed by atoms with Crippen LogP contribution in [0.4, 0.5) is 5.69 Å². The minimum absolute atomic E-state index is 0.0370. The number of carbonyl (C=O) groups is 2. The Morgan fingerprint density at radius 2 is 2.00 bits per heavy atom. The van der Waals surface area contributed by atoms with Crippen molar-refractivity contribution in [2.75, 3.05) is 5.06 Å². The number of hydrogen-bond acceptors (Lipinski definition) is 6. The van der Waals surface area contributed by atoms with E-state index in [1.54, 1.807) is 30.3 Å². The van der Waals surface area contributed by atoms with E-state index in [0.29, 0.717) is 16.9 Å². The summed E-state index contributed by atoms with van der Waals surface area (Å²) in [6, 6.07) is 7.05. The van der Waals surface area contributed by atoms with E-state index in [0.717, 1.165) is 9.96 Å². The molecular weight excluding hydrogens is 398 g/mol. The van der Waals surface area contributed by atoms with Gasteiger partial charge in [-0.1, -0.05) is 38.1 Å². The van der Waals surface area contributed by atoms with Gasteiger partial charge in [-0.2, -0.15) is 0 Å². The van der Waals surface area contributed by atoms with Gasteiger partial charge in [-0.15, -0.1) is 6.58 Å². The number of rotatable bonds is 3. The average Bonchev–Trinajstić information content (AvgIpc) is 3.42. The maximum Gasteiger partial charge on any atom is 0.296 e. The number of hydroxylamine groups is 1. The van der Waals surface area contributed by atoms with Crippen molar-refractivity contribution in [1.82, 2.24) is 20.2 Å². The first-order valence-electron chi connectivity index (χ1n) is 9.72. The highest BCUT2D eigenvalue weighted by atomic mass is 16.5. The zero-order valence-corrected chi connectivity index (χ0v) is 17.0. The summed E-state index contributed by atoms with van der Waals surface area (Å²) in [6.07, 6.45) is 7.50. The standard InChI is InChI=1S/C22H21N5O4/c1-4-20(2,3)21-10-17(28)19(30)26-16(9-13-11-23-12-24-13)18(29)25-22(21,26)27(31)15-8-6-5-7-14(15)21/h4-12,28,31H,1H2,2-3H3,(H,23,24)(H,25,29)/b16-9+. The van der Waals surface area contributed by atoms with E-state index in [-0.39, 0.29) is 5.70 Å².